The topological polar surface area (TPSA) is 113 Å². The summed E-state index contributed by atoms with van der Waals surface area (Å²) in [5.41, 5.74) is 5.49. The lowest BCUT2D eigenvalue weighted by molar-refractivity contribution is -0.145. The van der Waals surface area contributed by atoms with Crippen molar-refractivity contribution in [3.63, 3.8) is 0 Å². The Morgan fingerprint density at radius 1 is 1.47 bits per heavy atom. The van der Waals surface area contributed by atoms with Gasteiger partial charge in [0, 0.05) is 0 Å². The Balaban J connectivity index is 4.29. The van der Waals surface area contributed by atoms with Crippen LogP contribution in [0.4, 0.5) is 0 Å². The van der Waals surface area contributed by atoms with Gasteiger partial charge in [-0.15, -0.1) is 0 Å². The highest BCUT2D eigenvalue weighted by Crippen LogP contribution is 1.97. The van der Waals surface area contributed by atoms with E-state index >= 15 is 0 Å². The van der Waals surface area contributed by atoms with Crippen molar-refractivity contribution in [1.29, 1.82) is 0 Å². The number of carbonyl (C=O) groups excluding carboxylic acids is 1. The minimum Gasteiger partial charge on any atom is -0.480 e. The van der Waals surface area contributed by atoms with Gasteiger partial charge in [-0.2, -0.15) is 0 Å². The smallest absolute Gasteiger partial charge is 0.328 e. The zero-order chi connectivity index (χ0) is 12.0. The number of aliphatic hydroxyl groups is 1. The van der Waals surface area contributed by atoms with Gasteiger partial charge in [0.25, 0.3) is 0 Å². The second kappa shape index (κ2) is 6.36. The number of hydrogen-bond acceptors (Lipinski definition) is 4. The van der Waals surface area contributed by atoms with Crippen molar-refractivity contribution in [3.05, 3.63) is 0 Å². The molecule has 0 saturated carbocycles. The summed E-state index contributed by atoms with van der Waals surface area (Å²) < 4.78 is 0. The van der Waals surface area contributed by atoms with Gasteiger partial charge in [-0.3, -0.25) is 4.79 Å². The Morgan fingerprint density at radius 2 is 2.00 bits per heavy atom. The van der Waals surface area contributed by atoms with Crippen molar-refractivity contribution in [2.45, 2.75) is 44.9 Å². The summed E-state index contributed by atoms with van der Waals surface area (Å²) in [7, 11) is 0. The second-order valence-corrected chi connectivity index (χ2v) is 3.46. The molecule has 0 bridgehead atoms. The highest BCUT2D eigenvalue weighted by molar-refractivity contribution is 5.87. The second-order valence-electron chi connectivity index (χ2n) is 3.46. The molecule has 0 rings (SSSR count). The number of aliphatic carboxylic acids is 1. The summed E-state index contributed by atoms with van der Waals surface area (Å²) in [5.74, 6) is -1.83. The quantitative estimate of drug-likeness (QED) is 0.460. The number of carboxylic acid groups (broad SMARTS) is 1. The SMILES string of the molecule is CCC[C@@H](N)C(=O)N[C@H](C(=O)O)[C@@H](C)O. The van der Waals surface area contributed by atoms with Crippen molar-refractivity contribution in [1.82, 2.24) is 5.32 Å². The Morgan fingerprint density at radius 3 is 2.33 bits per heavy atom. The van der Waals surface area contributed by atoms with Crippen LogP contribution < -0.4 is 11.1 Å². The maximum absolute atomic E-state index is 11.3. The van der Waals surface area contributed by atoms with E-state index in [4.69, 9.17) is 15.9 Å². The molecule has 0 spiro atoms. The van der Waals surface area contributed by atoms with Crippen LogP contribution in [-0.2, 0) is 9.59 Å². The van der Waals surface area contributed by atoms with Gasteiger partial charge in [-0.05, 0) is 13.3 Å². The Kier molecular flexibility index (Phi) is 5.88. The average Bonchev–Trinajstić information content (AvgIpc) is 2.12. The van der Waals surface area contributed by atoms with Crippen LogP contribution >= 0.6 is 0 Å². The van der Waals surface area contributed by atoms with Crippen LogP contribution in [-0.4, -0.2) is 40.3 Å². The van der Waals surface area contributed by atoms with E-state index in [-0.39, 0.29) is 0 Å². The van der Waals surface area contributed by atoms with Gasteiger partial charge in [-0.1, -0.05) is 13.3 Å². The summed E-state index contributed by atoms with van der Waals surface area (Å²) in [6, 6.07) is -2.03. The average molecular weight is 218 g/mol. The van der Waals surface area contributed by atoms with Crippen LogP contribution in [0, 0.1) is 0 Å². The molecule has 88 valence electrons. The van der Waals surface area contributed by atoms with Crippen molar-refractivity contribution >= 4 is 11.9 Å². The maximum atomic E-state index is 11.3. The first-order valence-corrected chi connectivity index (χ1v) is 4.87. The third-order valence-corrected chi connectivity index (χ3v) is 1.98. The third kappa shape index (κ3) is 4.75. The summed E-state index contributed by atoms with van der Waals surface area (Å²) in [5, 5.41) is 20.0. The van der Waals surface area contributed by atoms with E-state index in [0.29, 0.717) is 6.42 Å². The molecule has 0 aliphatic rings. The molecule has 5 N–H and O–H groups in total. The highest BCUT2D eigenvalue weighted by Gasteiger charge is 2.26. The molecule has 0 saturated heterocycles. The molecular weight excluding hydrogens is 200 g/mol. The maximum Gasteiger partial charge on any atom is 0.328 e. The van der Waals surface area contributed by atoms with Crippen LogP contribution in [0.25, 0.3) is 0 Å². The fourth-order valence-corrected chi connectivity index (χ4v) is 1.09. The summed E-state index contributed by atoms with van der Waals surface area (Å²) in [6.45, 7) is 3.17. The number of hydrogen-bond donors (Lipinski definition) is 4. The van der Waals surface area contributed by atoms with Crippen molar-refractivity contribution in [2.75, 3.05) is 0 Å². The number of amides is 1. The molecule has 0 aromatic rings. The van der Waals surface area contributed by atoms with E-state index < -0.39 is 30.1 Å². The fraction of sp³-hybridized carbons (Fsp3) is 0.778. The monoisotopic (exact) mass is 218 g/mol. The molecule has 0 aliphatic heterocycles. The van der Waals surface area contributed by atoms with Crippen LogP contribution in [0.3, 0.4) is 0 Å². The molecule has 0 radical (unpaired) electrons. The first-order valence-electron chi connectivity index (χ1n) is 4.87. The standard InChI is InChI=1S/C9H18N2O4/c1-3-4-6(10)8(13)11-7(5(2)12)9(14)15/h5-7,12H,3-4,10H2,1-2H3,(H,11,13)(H,14,15)/t5-,6-,7+/m1/s1. The molecule has 3 atom stereocenters. The fourth-order valence-electron chi connectivity index (χ4n) is 1.09. The number of nitrogens with two attached hydrogens (primary N) is 1. The van der Waals surface area contributed by atoms with Crippen LogP contribution in [0.1, 0.15) is 26.7 Å². The van der Waals surface area contributed by atoms with Gasteiger partial charge in [-0.25, -0.2) is 4.79 Å². The largest absolute Gasteiger partial charge is 0.480 e. The van der Waals surface area contributed by atoms with E-state index in [1.807, 2.05) is 6.92 Å². The minimum absolute atomic E-state index is 0.484. The minimum atomic E-state index is -1.31. The van der Waals surface area contributed by atoms with Crippen molar-refractivity contribution in [2.24, 2.45) is 5.73 Å². The first-order chi connectivity index (χ1) is 6.90. The van der Waals surface area contributed by atoms with Gasteiger partial charge in [0.05, 0.1) is 12.1 Å². The Bertz CT molecular complexity index is 230. The number of carbonyl (C=O) groups is 2. The molecule has 0 aliphatic carbocycles. The van der Waals surface area contributed by atoms with E-state index in [2.05, 4.69) is 5.32 Å². The highest BCUT2D eigenvalue weighted by atomic mass is 16.4. The molecule has 6 nitrogen and oxygen atoms in total. The van der Waals surface area contributed by atoms with Gasteiger partial charge < -0.3 is 21.3 Å². The molecule has 0 fully saturated rings. The predicted molar refractivity (Wildman–Crippen MR) is 54.1 cm³/mol. The lowest BCUT2D eigenvalue weighted by atomic mass is 10.1. The lowest BCUT2D eigenvalue weighted by Crippen LogP contribution is -2.52. The molecule has 15 heavy (non-hydrogen) atoms. The molecule has 1 amide bonds. The summed E-state index contributed by atoms with van der Waals surface area (Å²) >= 11 is 0. The normalized spacial score (nSPS) is 16.5. The summed E-state index contributed by atoms with van der Waals surface area (Å²) in [4.78, 5) is 22.0. The van der Waals surface area contributed by atoms with E-state index in [1.165, 1.54) is 6.92 Å². The van der Waals surface area contributed by atoms with Gasteiger partial charge in [0.1, 0.15) is 0 Å². The van der Waals surface area contributed by atoms with Crippen LogP contribution in [0.5, 0.6) is 0 Å². The van der Waals surface area contributed by atoms with Crippen LogP contribution in [0.2, 0.25) is 0 Å². The molecule has 0 aromatic heterocycles. The third-order valence-electron chi connectivity index (χ3n) is 1.98. The Hall–Kier alpha value is -1.14. The molecule has 0 unspecified atom stereocenters. The van der Waals surface area contributed by atoms with E-state index in [9.17, 15) is 9.59 Å². The molecule has 0 heterocycles. The zero-order valence-electron chi connectivity index (χ0n) is 8.93. The van der Waals surface area contributed by atoms with Crippen molar-refractivity contribution < 1.29 is 19.8 Å². The van der Waals surface area contributed by atoms with Gasteiger partial charge in [0.2, 0.25) is 5.91 Å². The predicted octanol–water partition coefficient (Wildman–Crippen LogP) is -0.936. The lowest BCUT2D eigenvalue weighted by Gasteiger charge is -2.19. The zero-order valence-corrected chi connectivity index (χ0v) is 8.93. The van der Waals surface area contributed by atoms with Gasteiger partial charge in [0.15, 0.2) is 6.04 Å². The van der Waals surface area contributed by atoms with Crippen LogP contribution in [0.15, 0.2) is 0 Å². The number of carboxylic acids is 1. The summed E-state index contributed by atoms with van der Waals surface area (Å²) in [6.07, 6.45) is 0.0687. The van der Waals surface area contributed by atoms with E-state index in [0.717, 1.165) is 6.42 Å². The van der Waals surface area contributed by atoms with E-state index in [1.54, 1.807) is 0 Å². The van der Waals surface area contributed by atoms with Crippen molar-refractivity contribution in [3.8, 4) is 0 Å². The number of rotatable bonds is 6. The van der Waals surface area contributed by atoms with Gasteiger partial charge >= 0.3 is 5.97 Å². The Labute approximate surface area is 88.5 Å². The molecule has 0 aromatic carbocycles. The first kappa shape index (κ1) is 13.9. The number of nitrogens with one attached hydrogen (secondary N) is 1. The molecular formula is C9H18N2O4. The number of aliphatic hydroxyl groups excluding tert-OH is 1. The molecule has 6 heteroatoms.